The molecule has 0 N–H and O–H groups in total. The summed E-state index contributed by atoms with van der Waals surface area (Å²) in [5.41, 5.74) is 3.48. The third kappa shape index (κ3) is 3.14. The van der Waals surface area contributed by atoms with Crippen molar-refractivity contribution in [2.75, 3.05) is 14.2 Å². The third-order valence-corrected chi connectivity index (χ3v) is 4.38. The summed E-state index contributed by atoms with van der Waals surface area (Å²) in [6, 6.07) is 18.2. The number of ether oxygens (including phenoxy) is 2. The van der Waals surface area contributed by atoms with Crippen LogP contribution in [0.2, 0.25) is 0 Å². The quantitative estimate of drug-likeness (QED) is 0.628. The number of nitrogens with zero attached hydrogens (tertiary/aromatic N) is 1. The van der Waals surface area contributed by atoms with Crippen molar-refractivity contribution in [1.29, 1.82) is 0 Å². The van der Waals surface area contributed by atoms with Crippen molar-refractivity contribution in [2.45, 2.75) is 25.3 Å². The molecule has 1 fully saturated rings. The molecule has 0 saturated carbocycles. The van der Waals surface area contributed by atoms with Crippen molar-refractivity contribution in [2.24, 2.45) is 0 Å². The lowest BCUT2D eigenvalue weighted by molar-refractivity contribution is -0.146. The Labute approximate surface area is 136 Å². The number of carbonyl (C=O) groups excluding carboxylic acids is 1. The SMILES string of the molecule is COC(=O)[C@H](C)N(C)C1OC1c1ccccc1-c1ccccc1. The highest BCUT2D eigenvalue weighted by molar-refractivity contribution is 5.75. The molecule has 0 radical (unpaired) electrons. The van der Waals surface area contributed by atoms with Gasteiger partial charge in [0.25, 0.3) is 0 Å². The van der Waals surface area contributed by atoms with Crippen molar-refractivity contribution < 1.29 is 14.3 Å². The second-order valence-corrected chi connectivity index (χ2v) is 5.77. The summed E-state index contributed by atoms with van der Waals surface area (Å²) in [5.74, 6) is -0.252. The lowest BCUT2D eigenvalue weighted by atomic mass is 9.97. The Bertz CT molecular complexity index is 686. The molecule has 120 valence electrons. The summed E-state index contributed by atoms with van der Waals surface area (Å²) in [7, 11) is 3.29. The fourth-order valence-corrected chi connectivity index (χ4v) is 2.82. The number of hydrogen-bond donors (Lipinski definition) is 0. The van der Waals surface area contributed by atoms with E-state index >= 15 is 0 Å². The number of benzene rings is 2. The normalized spacial score (nSPS) is 21.0. The van der Waals surface area contributed by atoms with Gasteiger partial charge in [0, 0.05) is 0 Å². The van der Waals surface area contributed by atoms with E-state index in [2.05, 4.69) is 24.3 Å². The molecule has 1 heterocycles. The lowest BCUT2D eigenvalue weighted by Gasteiger charge is -2.20. The van der Waals surface area contributed by atoms with E-state index in [0.717, 1.165) is 5.56 Å². The predicted octanol–water partition coefficient (Wildman–Crippen LogP) is 3.24. The Morgan fingerprint density at radius 3 is 2.48 bits per heavy atom. The van der Waals surface area contributed by atoms with Gasteiger partial charge in [-0.25, -0.2) is 0 Å². The van der Waals surface area contributed by atoms with Crippen LogP contribution in [0, 0.1) is 0 Å². The van der Waals surface area contributed by atoms with Gasteiger partial charge in [0.1, 0.15) is 18.4 Å². The average molecular weight is 311 g/mol. The van der Waals surface area contributed by atoms with Crippen molar-refractivity contribution in [3.63, 3.8) is 0 Å². The number of rotatable bonds is 5. The van der Waals surface area contributed by atoms with Gasteiger partial charge in [0.05, 0.1) is 7.11 Å². The molecule has 2 unspecified atom stereocenters. The second-order valence-electron chi connectivity index (χ2n) is 5.77. The molecule has 0 bridgehead atoms. The minimum absolute atomic E-state index is 0.0245. The van der Waals surface area contributed by atoms with Crippen LogP contribution in [-0.4, -0.2) is 37.3 Å². The number of methoxy groups -OCH3 is 1. The first kappa shape index (κ1) is 15.7. The summed E-state index contributed by atoms with van der Waals surface area (Å²) in [5, 5.41) is 0. The molecule has 4 nitrogen and oxygen atoms in total. The smallest absolute Gasteiger partial charge is 0.322 e. The Hall–Kier alpha value is -2.17. The van der Waals surface area contributed by atoms with E-state index in [1.165, 1.54) is 18.2 Å². The summed E-state index contributed by atoms with van der Waals surface area (Å²) in [6.07, 6.45) is -0.127. The van der Waals surface area contributed by atoms with Gasteiger partial charge in [0.15, 0.2) is 0 Å². The van der Waals surface area contributed by atoms with Crippen LogP contribution in [0.15, 0.2) is 54.6 Å². The van der Waals surface area contributed by atoms with Gasteiger partial charge in [-0.3, -0.25) is 9.69 Å². The molecule has 1 saturated heterocycles. The van der Waals surface area contributed by atoms with Crippen molar-refractivity contribution in [1.82, 2.24) is 4.90 Å². The molecule has 3 rings (SSSR count). The van der Waals surface area contributed by atoms with Crippen LogP contribution in [0.1, 0.15) is 18.6 Å². The van der Waals surface area contributed by atoms with Gasteiger partial charge in [-0.15, -0.1) is 0 Å². The molecule has 1 aliphatic heterocycles. The highest BCUT2D eigenvalue weighted by Gasteiger charge is 2.46. The molecule has 1 aliphatic rings. The number of epoxide rings is 1. The highest BCUT2D eigenvalue weighted by atomic mass is 16.6. The average Bonchev–Trinajstić information content (AvgIpc) is 3.41. The molecular formula is C19H21NO3. The molecule has 23 heavy (non-hydrogen) atoms. The summed E-state index contributed by atoms with van der Waals surface area (Å²) >= 11 is 0. The highest BCUT2D eigenvalue weighted by Crippen LogP contribution is 2.44. The fourth-order valence-electron chi connectivity index (χ4n) is 2.82. The number of hydrogen-bond acceptors (Lipinski definition) is 4. The zero-order valence-corrected chi connectivity index (χ0v) is 13.6. The van der Waals surface area contributed by atoms with Crippen LogP contribution in [0.3, 0.4) is 0 Å². The second kappa shape index (κ2) is 6.52. The zero-order valence-electron chi connectivity index (χ0n) is 13.6. The van der Waals surface area contributed by atoms with Gasteiger partial charge in [-0.05, 0) is 30.7 Å². The van der Waals surface area contributed by atoms with Crippen LogP contribution >= 0.6 is 0 Å². The largest absolute Gasteiger partial charge is 0.468 e. The lowest BCUT2D eigenvalue weighted by Crippen LogP contribution is -2.38. The maximum absolute atomic E-state index is 11.7. The monoisotopic (exact) mass is 311 g/mol. The molecule has 4 heteroatoms. The van der Waals surface area contributed by atoms with Gasteiger partial charge in [-0.2, -0.15) is 0 Å². The maximum Gasteiger partial charge on any atom is 0.322 e. The minimum atomic E-state index is -0.334. The minimum Gasteiger partial charge on any atom is -0.468 e. The number of esters is 1. The topological polar surface area (TPSA) is 42.1 Å². The van der Waals surface area contributed by atoms with E-state index in [4.69, 9.17) is 9.47 Å². The molecular weight excluding hydrogens is 290 g/mol. The van der Waals surface area contributed by atoms with E-state index in [9.17, 15) is 4.79 Å². The Balaban J connectivity index is 1.81. The standard InChI is InChI=1S/C19H21NO3/c1-13(19(21)22-3)20(2)18-17(23-18)16-12-8-7-11-15(16)14-9-5-4-6-10-14/h4-13,17-18H,1-3H3/t13-,17?,18?/m0/s1. The van der Waals surface area contributed by atoms with Crippen molar-refractivity contribution >= 4 is 5.97 Å². The maximum atomic E-state index is 11.7. The molecule has 0 aliphatic carbocycles. The van der Waals surface area contributed by atoms with E-state index in [-0.39, 0.29) is 24.3 Å². The number of carbonyl (C=O) groups is 1. The summed E-state index contributed by atoms with van der Waals surface area (Å²) in [6.45, 7) is 1.83. The van der Waals surface area contributed by atoms with E-state index in [1.807, 2.05) is 49.2 Å². The van der Waals surface area contributed by atoms with Crippen molar-refractivity contribution in [3.05, 3.63) is 60.2 Å². The summed E-state index contributed by atoms with van der Waals surface area (Å²) in [4.78, 5) is 13.6. The molecule has 2 aromatic rings. The first-order valence-corrected chi connectivity index (χ1v) is 7.73. The Morgan fingerprint density at radius 2 is 1.78 bits per heavy atom. The van der Waals surface area contributed by atoms with Gasteiger partial charge < -0.3 is 9.47 Å². The fraction of sp³-hybridized carbons (Fsp3) is 0.316. The Kier molecular flexibility index (Phi) is 4.46. The first-order chi connectivity index (χ1) is 11.1. The van der Waals surface area contributed by atoms with Crippen LogP contribution in [0.25, 0.3) is 11.1 Å². The van der Waals surface area contributed by atoms with E-state index in [1.54, 1.807) is 0 Å². The molecule has 0 spiro atoms. The number of likely N-dealkylation sites (N-methyl/N-ethyl adjacent to an activating group) is 1. The molecule has 3 atom stereocenters. The third-order valence-electron chi connectivity index (χ3n) is 4.38. The molecule has 0 aromatic heterocycles. The molecule has 0 amide bonds. The van der Waals surface area contributed by atoms with Crippen LogP contribution in [0.5, 0.6) is 0 Å². The van der Waals surface area contributed by atoms with E-state index in [0.29, 0.717) is 0 Å². The van der Waals surface area contributed by atoms with Gasteiger partial charge in [0.2, 0.25) is 0 Å². The zero-order chi connectivity index (χ0) is 16.4. The predicted molar refractivity (Wildman–Crippen MR) is 88.7 cm³/mol. The van der Waals surface area contributed by atoms with E-state index < -0.39 is 0 Å². The van der Waals surface area contributed by atoms with Crippen LogP contribution in [-0.2, 0) is 14.3 Å². The van der Waals surface area contributed by atoms with Crippen molar-refractivity contribution in [3.8, 4) is 11.1 Å². The first-order valence-electron chi connectivity index (χ1n) is 7.73. The van der Waals surface area contributed by atoms with Gasteiger partial charge in [-0.1, -0.05) is 54.6 Å². The molecule has 2 aromatic carbocycles. The van der Waals surface area contributed by atoms with Crippen LogP contribution < -0.4 is 0 Å². The van der Waals surface area contributed by atoms with Crippen LogP contribution in [0.4, 0.5) is 0 Å². The van der Waals surface area contributed by atoms with Gasteiger partial charge >= 0.3 is 5.97 Å². The Morgan fingerprint density at radius 1 is 1.13 bits per heavy atom. The summed E-state index contributed by atoms with van der Waals surface area (Å²) < 4.78 is 10.7.